The van der Waals surface area contributed by atoms with E-state index in [9.17, 15) is 9.18 Å². The third-order valence-corrected chi connectivity index (χ3v) is 5.30. The first-order chi connectivity index (χ1) is 13.2. The summed E-state index contributed by atoms with van der Waals surface area (Å²) in [6.45, 7) is 5.85. The Morgan fingerprint density at radius 2 is 1.56 bits per heavy atom. The van der Waals surface area contributed by atoms with E-state index in [0.29, 0.717) is 12.4 Å². The number of benzene rings is 1. The minimum atomic E-state index is -0.437. The van der Waals surface area contributed by atoms with Crippen molar-refractivity contribution in [3.8, 4) is 11.4 Å². The molecule has 0 bridgehead atoms. The molecule has 0 unspecified atom stereocenters. The van der Waals surface area contributed by atoms with Gasteiger partial charge < -0.3 is 9.80 Å². The SMILES string of the molecule is O=C(CN1CCCC1)N1CCN(c2ccc(-c3ncc(F)cn3)cc2)CC1. The van der Waals surface area contributed by atoms with Gasteiger partial charge in [0.25, 0.3) is 0 Å². The van der Waals surface area contributed by atoms with E-state index in [1.54, 1.807) is 0 Å². The first kappa shape index (κ1) is 17.9. The molecule has 1 amide bonds. The van der Waals surface area contributed by atoms with Gasteiger partial charge in [-0.25, -0.2) is 14.4 Å². The van der Waals surface area contributed by atoms with Crippen LogP contribution in [-0.2, 0) is 4.79 Å². The van der Waals surface area contributed by atoms with Gasteiger partial charge in [0.2, 0.25) is 5.91 Å². The van der Waals surface area contributed by atoms with Gasteiger partial charge in [-0.1, -0.05) is 0 Å². The van der Waals surface area contributed by atoms with Crippen LogP contribution in [0.1, 0.15) is 12.8 Å². The summed E-state index contributed by atoms with van der Waals surface area (Å²) in [4.78, 5) is 27.0. The molecule has 2 fully saturated rings. The standard InChI is InChI=1S/C20H24FN5O/c21-17-13-22-20(23-14-17)16-3-5-18(6-4-16)25-9-11-26(12-10-25)19(27)15-24-7-1-2-8-24/h3-6,13-14H,1-2,7-12,15H2. The number of amides is 1. The van der Waals surface area contributed by atoms with Crippen molar-refractivity contribution < 1.29 is 9.18 Å². The molecule has 6 nitrogen and oxygen atoms in total. The van der Waals surface area contributed by atoms with Crippen LogP contribution in [0.2, 0.25) is 0 Å². The second-order valence-corrected chi connectivity index (χ2v) is 7.12. The van der Waals surface area contributed by atoms with E-state index in [4.69, 9.17) is 0 Å². The van der Waals surface area contributed by atoms with E-state index in [-0.39, 0.29) is 5.91 Å². The van der Waals surface area contributed by atoms with Crippen molar-refractivity contribution in [2.75, 3.05) is 50.7 Å². The van der Waals surface area contributed by atoms with E-state index in [2.05, 4.69) is 19.8 Å². The van der Waals surface area contributed by atoms with E-state index in [1.807, 2.05) is 29.2 Å². The maximum absolute atomic E-state index is 12.9. The summed E-state index contributed by atoms with van der Waals surface area (Å²) in [5.41, 5.74) is 1.98. The smallest absolute Gasteiger partial charge is 0.236 e. The number of hydrogen-bond acceptors (Lipinski definition) is 5. The molecule has 0 spiro atoms. The zero-order valence-corrected chi connectivity index (χ0v) is 15.4. The lowest BCUT2D eigenvalue weighted by Crippen LogP contribution is -2.51. The Labute approximate surface area is 158 Å². The number of likely N-dealkylation sites (tertiary alicyclic amines) is 1. The Balaban J connectivity index is 1.32. The molecule has 0 aliphatic carbocycles. The Morgan fingerprint density at radius 3 is 2.19 bits per heavy atom. The summed E-state index contributed by atoms with van der Waals surface area (Å²) >= 11 is 0. The van der Waals surface area contributed by atoms with Crippen molar-refractivity contribution in [1.29, 1.82) is 0 Å². The third kappa shape index (κ3) is 4.24. The van der Waals surface area contributed by atoms with Crippen molar-refractivity contribution in [2.24, 2.45) is 0 Å². The van der Waals surface area contributed by atoms with Crippen LogP contribution in [0.25, 0.3) is 11.4 Å². The summed E-state index contributed by atoms with van der Waals surface area (Å²) in [7, 11) is 0. The summed E-state index contributed by atoms with van der Waals surface area (Å²) in [6.07, 6.45) is 4.77. The summed E-state index contributed by atoms with van der Waals surface area (Å²) in [5, 5.41) is 0. The van der Waals surface area contributed by atoms with Gasteiger partial charge in [-0.15, -0.1) is 0 Å². The summed E-state index contributed by atoms with van der Waals surface area (Å²) in [6, 6.07) is 7.97. The lowest BCUT2D eigenvalue weighted by Gasteiger charge is -2.36. The molecule has 0 radical (unpaired) electrons. The van der Waals surface area contributed by atoms with Gasteiger partial charge in [-0.05, 0) is 50.2 Å². The number of hydrogen-bond donors (Lipinski definition) is 0. The minimum Gasteiger partial charge on any atom is -0.368 e. The second kappa shape index (κ2) is 8.00. The van der Waals surface area contributed by atoms with Crippen molar-refractivity contribution in [1.82, 2.24) is 19.8 Å². The fraction of sp³-hybridized carbons (Fsp3) is 0.450. The number of rotatable bonds is 4. The molecule has 2 saturated heterocycles. The highest BCUT2D eigenvalue weighted by Gasteiger charge is 2.24. The zero-order valence-electron chi connectivity index (χ0n) is 15.4. The monoisotopic (exact) mass is 369 g/mol. The Morgan fingerprint density at radius 1 is 0.926 bits per heavy atom. The highest BCUT2D eigenvalue weighted by molar-refractivity contribution is 5.78. The molecular weight excluding hydrogens is 345 g/mol. The van der Waals surface area contributed by atoms with Crippen LogP contribution in [0.15, 0.2) is 36.7 Å². The van der Waals surface area contributed by atoms with Crippen molar-refractivity contribution in [2.45, 2.75) is 12.8 Å². The Hall–Kier alpha value is -2.54. The fourth-order valence-electron chi connectivity index (χ4n) is 3.73. The lowest BCUT2D eigenvalue weighted by atomic mass is 10.1. The maximum Gasteiger partial charge on any atom is 0.236 e. The van der Waals surface area contributed by atoms with Crippen LogP contribution >= 0.6 is 0 Å². The van der Waals surface area contributed by atoms with Gasteiger partial charge in [0.15, 0.2) is 11.6 Å². The molecule has 0 atom stereocenters. The van der Waals surface area contributed by atoms with Crippen LogP contribution in [0.3, 0.4) is 0 Å². The third-order valence-electron chi connectivity index (χ3n) is 5.30. The maximum atomic E-state index is 12.9. The van der Waals surface area contributed by atoms with Crippen molar-refractivity contribution >= 4 is 11.6 Å². The average Bonchev–Trinajstić information content (AvgIpc) is 3.22. The molecule has 0 saturated carbocycles. The molecule has 27 heavy (non-hydrogen) atoms. The molecular formula is C20H24FN5O. The number of nitrogens with zero attached hydrogens (tertiary/aromatic N) is 5. The predicted molar refractivity (Wildman–Crippen MR) is 102 cm³/mol. The highest BCUT2D eigenvalue weighted by Crippen LogP contribution is 2.22. The molecule has 1 aromatic heterocycles. The van der Waals surface area contributed by atoms with Gasteiger partial charge in [0.1, 0.15) is 0 Å². The number of aromatic nitrogens is 2. The first-order valence-corrected chi connectivity index (χ1v) is 9.52. The molecule has 2 aromatic rings. The van der Waals surface area contributed by atoms with Gasteiger partial charge in [-0.3, -0.25) is 9.69 Å². The molecule has 7 heteroatoms. The Kier molecular flexibility index (Phi) is 5.29. The van der Waals surface area contributed by atoms with Crippen molar-refractivity contribution in [3.63, 3.8) is 0 Å². The molecule has 1 aromatic carbocycles. The van der Waals surface area contributed by atoms with Gasteiger partial charge in [-0.2, -0.15) is 0 Å². The van der Waals surface area contributed by atoms with E-state index in [0.717, 1.165) is 50.5 Å². The van der Waals surface area contributed by atoms with Gasteiger partial charge >= 0.3 is 0 Å². The largest absolute Gasteiger partial charge is 0.368 e. The van der Waals surface area contributed by atoms with Crippen LogP contribution in [-0.4, -0.2) is 71.5 Å². The van der Waals surface area contributed by atoms with Gasteiger partial charge in [0.05, 0.1) is 18.9 Å². The molecule has 2 aliphatic heterocycles. The number of halogens is 1. The van der Waals surface area contributed by atoms with E-state index in [1.165, 1.54) is 25.2 Å². The highest BCUT2D eigenvalue weighted by atomic mass is 19.1. The molecule has 3 heterocycles. The van der Waals surface area contributed by atoms with Crippen LogP contribution in [0.4, 0.5) is 10.1 Å². The normalized spacial score (nSPS) is 18.1. The first-order valence-electron chi connectivity index (χ1n) is 9.52. The number of carbonyl (C=O) groups is 1. The molecule has 2 aliphatic rings. The van der Waals surface area contributed by atoms with Crippen LogP contribution in [0, 0.1) is 5.82 Å². The fourth-order valence-corrected chi connectivity index (χ4v) is 3.73. The predicted octanol–water partition coefficient (Wildman–Crippen LogP) is 2.03. The number of carbonyl (C=O) groups excluding carboxylic acids is 1. The van der Waals surface area contributed by atoms with Crippen LogP contribution in [0.5, 0.6) is 0 Å². The average molecular weight is 369 g/mol. The second-order valence-electron chi connectivity index (χ2n) is 7.12. The minimum absolute atomic E-state index is 0.250. The van der Waals surface area contributed by atoms with Crippen molar-refractivity contribution in [3.05, 3.63) is 42.5 Å². The number of anilines is 1. The van der Waals surface area contributed by atoms with Crippen LogP contribution < -0.4 is 4.90 Å². The molecule has 0 N–H and O–H groups in total. The quantitative estimate of drug-likeness (QED) is 0.825. The van der Waals surface area contributed by atoms with E-state index >= 15 is 0 Å². The number of piperazine rings is 1. The Bertz CT molecular complexity index is 766. The zero-order chi connectivity index (χ0) is 18.6. The van der Waals surface area contributed by atoms with E-state index < -0.39 is 5.82 Å². The summed E-state index contributed by atoms with van der Waals surface area (Å²) < 4.78 is 12.9. The topological polar surface area (TPSA) is 52.6 Å². The summed E-state index contributed by atoms with van der Waals surface area (Å²) in [5.74, 6) is 0.327. The molecule has 4 rings (SSSR count). The van der Waals surface area contributed by atoms with Gasteiger partial charge in [0, 0.05) is 37.4 Å². The lowest BCUT2D eigenvalue weighted by molar-refractivity contribution is -0.132. The molecule has 142 valence electrons.